The van der Waals surface area contributed by atoms with Crippen LogP contribution in [0.3, 0.4) is 0 Å². The summed E-state index contributed by atoms with van der Waals surface area (Å²) in [6.07, 6.45) is 0. The lowest BCUT2D eigenvalue weighted by Crippen LogP contribution is -2.14. The van der Waals surface area contributed by atoms with E-state index in [1.165, 1.54) is 17.8 Å². The lowest BCUT2D eigenvalue weighted by atomic mass is 10.2. The minimum Gasteiger partial charge on any atom is -0.325 e. The predicted molar refractivity (Wildman–Crippen MR) is 82.3 cm³/mol. The maximum absolute atomic E-state index is 13.0. The Morgan fingerprint density at radius 3 is 2.50 bits per heavy atom. The summed E-state index contributed by atoms with van der Waals surface area (Å²) in [6, 6.07) is 12.4. The van der Waals surface area contributed by atoms with Crippen molar-refractivity contribution in [2.45, 2.75) is 5.75 Å². The van der Waals surface area contributed by atoms with Crippen LogP contribution in [-0.2, 0) is 10.5 Å². The Balaban J connectivity index is 1.80. The molecule has 0 bridgehead atoms. The van der Waals surface area contributed by atoms with Crippen molar-refractivity contribution in [2.24, 2.45) is 0 Å². The minimum atomic E-state index is -0.997. The quantitative estimate of drug-likeness (QED) is 0.914. The highest BCUT2D eigenvalue weighted by Gasteiger charge is 2.06. The molecule has 0 heterocycles. The fourth-order valence-electron chi connectivity index (χ4n) is 1.71. The molecule has 0 saturated heterocycles. The first-order valence-electron chi connectivity index (χ1n) is 6.40. The van der Waals surface area contributed by atoms with Crippen molar-refractivity contribution < 1.29 is 13.6 Å². The molecule has 22 heavy (non-hydrogen) atoms. The molecule has 2 aromatic rings. The number of nitrogens with one attached hydrogen (secondary N) is 1. The van der Waals surface area contributed by atoms with Crippen LogP contribution in [0.5, 0.6) is 0 Å². The zero-order chi connectivity index (χ0) is 15.9. The van der Waals surface area contributed by atoms with E-state index >= 15 is 0 Å². The number of hydrogen-bond donors (Lipinski definition) is 1. The number of nitriles is 1. The summed E-state index contributed by atoms with van der Waals surface area (Å²) < 4.78 is 25.8. The number of anilines is 1. The van der Waals surface area contributed by atoms with E-state index in [0.29, 0.717) is 11.3 Å². The number of hydrogen-bond acceptors (Lipinski definition) is 3. The molecule has 0 atom stereocenters. The molecule has 0 aromatic heterocycles. The normalized spacial score (nSPS) is 10.0. The van der Waals surface area contributed by atoms with Gasteiger partial charge < -0.3 is 5.32 Å². The fraction of sp³-hybridized carbons (Fsp3) is 0.125. The molecule has 2 aromatic carbocycles. The van der Waals surface area contributed by atoms with Crippen LogP contribution in [0, 0.1) is 23.0 Å². The van der Waals surface area contributed by atoms with E-state index in [2.05, 4.69) is 5.32 Å². The topological polar surface area (TPSA) is 52.9 Å². The van der Waals surface area contributed by atoms with E-state index in [1.54, 1.807) is 12.1 Å². The maximum atomic E-state index is 13.0. The summed E-state index contributed by atoms with van der Waals surface area (Å²) in [5.41, 5.74) is 1.82. The summed E-state index contributed by atoms with van der Waals surface area (Å²) in [4.78, 5) is 11.7. The van der Waals surface area contributed by atoms with Gasteiger partial charge in [-0.2, -0.15) is 5.26 Å². The predicted octanol–water partition coefficient (Wildman–Crippen LogP) is 3.71. The van der Waals surface area contributed by atoms with Crippen molar-refractivity contribution in [1.29, 1.82) is 5.26 Å². The maximum Gasteiger partial charge on any atom is 0.234 e. The number of nitrogens with zero attached hydrogens (tertiary/aromatic N) is 1. The highest BCUT2D eigenvalue weighted by molar-refractivity contribution is 7.99. The van der Waals surface area contributed by atoms with Crippen molar-refractivity contribution in [3.8, 4) is 6.07 Å². The molecule has 0 aliphatic rings. The number of rotatable bonds is 5. The van der Waals surface area contributed by atoms with Crippen molar-refractivity contribution in [3.05, 3.63) is 65.2 Å². The summed E-state index contributed by atoms with van der Waals surface area (Å²) in [7, 11) is 0. The summed E-state index contributed by atoms with van der Waals surface area (Å²) in [5, 5.41) is 11.2. The standard InChI is InChI=1S/C16H12F2N2OS/c17-14-6-5-13(7-15(14)18)20-16(21)10-22-9-12-3-1-11(8-19)2-4-12/h1-7H,9-10H2,(H,20,21). The first-order valence-corrected chi connectivity index (χ1v) is 7.55. The van der Waals surface area contributed by atoms with Crippen LogP contribution in [-0.4, -0.2) is 11.7 Å². The molecule has 1 N–H and O–H groups in total. The summed E-state index contributed by atoms with van der Waals surface area (Å²) in [6.45, 7) is 0. The molecule has 0 spiro atoms. The summed E-state index contributed by atoms with van der Waals surface area (Å²) >= 11 is 1.39. The van der Waals surface area contributed by atoms with Gasteiger partial charge in [-0.1, -0.05) is 12.1 Å². The largest absolute Gasteiger partial charge is 0.325 e. The molecule has 0 fully saturated rings. The minimum absolute atomic E-state index is 0.193. The SMILES string of the molecule is N#Cc1ccc(CSCC(=O)Nc2ccc(F)c(F)c2)cc1. The van der Waals surface area contributed by atoms with Gasteiger partial charge in [-0.05, 0) is 29.8 Å². The smallest absolute Gasteiger partial charge is 0.234 e. The van der Waals surface area contributed by atoms with Crippen LogP contribution in [0.1, 0.15) is 11.1 Å². The monoisotopic (exact) mass is 318 g/mol. The van der Waals surface area contributed by atoms with E-state index in [1.807, 2.05) is 18.2 Å². The lowest BCUT2D eigenvalue weighted by Gasteiger charge is -2.06. The Hall–Kier alpha value is -2.39. The molecule has 112 valence electrons. The second kappa shape index (κ2) is 7.57. The number of carbonyl (C=O) groups is 1. The Bertz CT molecular complexity index is 711. The van der Waals surface area contributed by atoms with Gasteiger partial charge in [-0.15, -0.1) is 11.8 Å². The van der Waals surface area contributed by atoms with Gasteiger partial charge in [0.05, 0.1) is 17.4 Å². The van der Waals surface area contributed by atoms with Gasteiger partial charge >= 0.3 is 0 Å². The van der Waals surface area contributed by atoms with Crippen LogP contribution >= 0.6 is 11.8 Å². The molecule has 6 heteroatoms. The molecule has 3 nitrogen and oxygen atoms in total. The Morgan fingerprint density at radius 2 is 1.86 bits per heavy atom. The van der Waals surface area contributed by atoms with Crippen LogP contribution in [0.25, 0.3) is 0 Å². The third-order valence-corrected chi connectivity index (χ3v) is 3.79. The third-order valence-electron chi connectivity index (χ3n) is 2.79. The van der Waals surface area contributed by atoms with Gasteiger partial charge in [0.25, 0.3) is 0 Å². The summed E-state index contributed by atoms with van der Waals surface area (Å²) in [5.74, 6) is -1.42. The highest BCUT2D eigenvalue weighted by atomic mass is 32.2. The van der Waals surface area contributed by atoms with Gasteiger partial charge in [0.15, 0.2) is 11.6 Å². The molecule has 0 saturated carbocycles. The van der Waals surface area contributed by atoms with Crippen LogP contribution < -0.4 is 5.32 Å². The first-order chi connectivity index (χ1) is 10.6. The molecule has 1 amide bonds. The van der Waals surface area contributed by atoms with Crippen molar-refractivity contribution in [1.82, 2.24) is 0 Å². The van der Waals surface area contributed by atoms with Crippen LogP contribution in [0.2, 0.25) is 0 Å². The van der Waals surface area contributed by atoms with E-state index in [0.717, 1.165) is 17.7 Å². The zero-order valence-electron chi connectivity index (χ0n) is 11.5. The van der Waals surface area contributed by atoms with Crippen molar-refractivity contribution in [3.63, 3.8) is 0 Å². The molecule has 0 unspecified atom stereocenters. The fourth-order valence-corrected chi connectivity index (χ4v) is 2.50. The van der Waals surface area contributed by atoms with Gasteiger partial charge in [0.2, 0.25) is 5.91 Å². The third kappa shape index (κ3) is 4.57. The van der Waals surface area contributed by atoms with E-state index < -0.39 is 11.6 Å². The molecular formula is C16H12F2N2OS. The Labute approximate surface area is 131 Å². The second-order valence-corrected chi connectivity index (χ2v) is 5.46. The van der Waals surface area contributed by atoms with Gasteiger partial charge in [0, 0.05) is 17.5 Å². The van der Waals surface area contributed by atoms with Crippen molar-refractivity contribution in [2.75, 3.05) is 11.1 Å². The Morgan fingerprint density at radius 1 is 1.14 bits per heavy atom. The van der Waals surface area contributed by atoms with E-state index in [-0.39, 0.29) is 17.3 Å². The lowest BCUT2D eigenvalue weighted by molar-refractivity contribution is -0.113. The second-order valence-electron chi connectivity index (χ2n) is 4.48. The number of benzene rings is 2. The van der Waals surface area contributed by atoms with Gasteiger partial charge in [-0.25, -0.2) is 8.78 Å². The highest BCUT2D eigenvalue weighted by Crippen LogP contribution is 2.16. The molecule has 2 rings (SSSR count). The molecule has 0 aliphatic heterocycles. The number of amides is 1. The molecular weight excluding hydrogens is 306 g/mol. The van der Waals surface area contributed by atoms with Gasteiger partial charge in [-0.3, -0.25) is 4.79 Å². The first kappa shape index (κ1) is 16.0. The van der Waals surface area contributed by atoms with E-state index in [9.17, 15) is 13.6 Å². The molecule has 0 aliphatic carbocycles. The van der Waals surface area contributed by atoms with Crippen LogP contribution in [0.15, 0.2) is 42.5 Å². The van der Waals surface area contributed by atoms with Crippen molar-refractivity contribution >= 4 is 23.4 Å². The average molecular weight is 318 g/mol. The Kier molecular flexibility index (Phi) is 5.50. The number of halogens is 2. The van der Waals surface area contributed by atoms with Gasteiger partial charge in [0.1, 0.15) is 0 Å². The molecule has 0 radical (unpaired) electrons. The van der Waals surface area contributed by atoms with Crippen LogP contribution in [0.4, 0.5) is 14.5 Å². The van der Waals surface area contributed by atoms with E-state index in [4.69, 9.17) is 5.26 Å². The number of carbonyl (C=O) groups excluding carboxylic acids is 1. The average Bonchev–Trinajstić information content (AvgIpc) is 2.51. The zero-order valence-corrected chi connectivity index (χ0v) is 12.3. The number of thioether (sulfide) groups is 1.